The minimum absolute atomic E-state index is 0.135. The second-order valence-corrected chi connectivity index (χ2v) is 5.96. The predicted octanol–water partition coefficient (Wildman–Crippen LogP) is 2.87. The fourth-order valence-electron chi connectivity index (χ4n) is 2.58. The smallest absolute Gasteiger partial charge is 0.228 e. The molecule has 3 heterocycles. The summed E-state index contributed by atoms with van der Waals surface area (Å²) in [5, 5.41) is 5.97. The third-order valence-electron chi connectivity index (χ3n) is 3.45. The summed E-state index contributed by atoms with van der Waals surface area (Å²) >= 11 is 5.99. The van der Waals surface area contributed by atoms with Crippen LogP contribution in [0.2, 0.25) is 5.15 Å². The number of carbonyl (C=O) groups is 1. The first-order valence-corrected chi connectivity index (χ1v) is 7.26. The zero-order valence-electron chi connectivity index (χ0n) is 11.6. The minimum Gasteiger partial charge on any atom is -0.295 e. The van der Waals surface area contributed by atoms with Crippen molar-refractivity contribution in [3.05, 3.63) is 17.4 Å². The Morgan fingerprint density at radius 3 is 2.90 bits per heavy atom. The number of fused-ring (bicyclic) bond motifs is 1. The number of carbonyl (C=O) groups excluding carboxylic acids is 1. The molecule has 1 aliphatic heterocycles. The molecule has 1 saturated heterocycles. The van der Waals surface area contributed by atoms with Crippen LogP contribution in [-0.2, 0) is 11.3 Å². The Kier molecular flexibility index (Phi) is 3.38. The van der Waals surface area contributed by atoms with Gasteiger partial charge in [-0.2, -0.15) is 5.10 Å². The van der Waals surface area contributed by atoms with Gasteiger partial charge in [0.1, 0.15) is 5.15 Å². The van der Waals surface area contributed by atoms with Gasteiger partial charge in [-0.3, -0.25) is 14.4 Å². The second-order valence-electron chi connectivity index (χ2n) is 5.57. The molecule has 1 fully saturated rings. The SMILES string of the molecule is CC(C)Cn1nc(N2CCCC2=O)c2cnc(Cl)cc21. The third-order valence-corrected chi connectivity index (χ3v) is 3.66. The van der Waals surface area contributed by atoms with Gasteiger partial charge in [0.25, 0.3) is 0 Å². The van der Waals surface area contributed by atoms with E-state index in [0.29, 0.717) is 23.3 Å². The van der Waals surface area contributed by atoms with Gasteiger partial charge in [0.05, 0.1) is 10.9 Å². The fraction of sp³-hybridized carbons (Fsp3) is 0.500. The van der Waals surface area contributed by atoms with Crippen LogP contribution in [-0.4, -0.2) is 27.2 Å². The standard InChI is InChI=1S/C14H17ClN4O/c1-9(2)8-19-11-6-12(15)16-7-10(11)14(17-19)18-5-3-4-13(18)20/h6-7,9H,3-5,8H2,1-2H3. The molecule has 0 spiro atoms. The number of aromatic nitrogens is 3. The first-order chi connectivity index (χ1) is 9.56. The van der Waals surface area contributed by atoms with E-state index in [-0.39, 0.29) is 5.91 Å². The predicted molar refractivity (Wildman–Crippen MR) is 79.0 cm³/mol. The van der Waals surface area contributed by atoms with Crippen molar-refractivity contribution in [2.24, 2.45) is 5.92 Å². The Hall–Kier alpha value is -1.62. The van der Waals surface area contributed by atoms with E-state index in [1.165, 1.54) is 0 Å². The molecule has 5 nitrogen and oxygen atoms in total. The van der Waals surface area contributed by atoms with Crippen LogP contribution in [0.15, 0.2) is 12.3 Å². The van der Waals surface area contributed by atoms with Crippen LogP contribution in [0.1, 0.15) is 26.7 Å². The van der Waals surface area contributed by atoms with Crippen LogP contribution < -0.4 is 4.90 Å². The number of rotatable bonds is 3. The molecular formula is C14H17ClN4O. The highest BCUT2D eigenvalue weighted by Gasteiger charge is 2.26. The topological polar surface area (TPSA) is 51.0 Å². The van der Waals surface area contributed by atoms with Gasteiger partial charge < -0.3 is 0 Å². The summed E-state index contributed by atoms with van der Waals surface area (Å²) < 4.78 is 1.93. The highest BCUT2D eigenvalue weighted by atomic mass is 35.5. The van der Waals surface area contributed by atoms with Crippen molar-refractivity contribution < 1.29 is 4.79 Å². The number of hydrogen-bond acceptors (Lipinski definition) is 3. The fourth-order valence-corrected chi connectivity index (χ4v) is 2.74. The Balaban J connectivity index is 2.14. The van der Waals surface area contributed by atoms with E-state index in [2.05, 4.69) is 23.9 Å². The number of amides is 1. The molecule has 2 aromatic rings. The van der Waals surface area contributed by atoms with Crippen LogP contribution in [0, 0.1) is 5.92 Å². The van der Waals surface area contributed by atoms with Gasteiger partial charge in [-0.05, 0) is 12.3 Å². The lowest BCUT2D eigenvalue weighted by Gasteiger charge is -2.12. The maximum absolute atomic E-state index is 11.9. The summed E-state index contributed by atoms with van der Waals surface area (Å²) in [6.45, 7) is 5.79. The number of hydrogen-bond donors (Lipinski definition) is 0. The summed E-state index contributed by atoms with van der Waals surface area (Å²) in [4.78, 5) is 17.8. The van der Waals surface area contributed by atoms with E-state index in [1.807, 2.05) is 10.7 Å². The molecule has 0 aromatic carbocycles. The zero-order chi connectivity index (χ0) is 14.3. The third kappa shape index (κ3) is 2.26. The van der Waals surface area contributed by atoms with Gasteiger partial charge in [-0.25, -0.2) is 4.98 Å². The molecule has 2 aromatic heterocycles. The van der Waals surface area contributed by atoms with Crippen LogP contribution >= 0.6 is 11.6 Å². The molecule has 0 bridgehead atoms. The lowest BCUT2D eigenvalue weighted by Crippen LogP contribution is -2.24. The summed E-state index contributed by atoms with van der Waals surface area (Å²) in [6.07, 6.45) is 3.19. The summed E-state index contributed by atoms with van der Waals surface area (Å²) in [7, 11) is 0. The first kappa shape index (κ1) is 13.4. The van der Waals surface area contributed by atoms with Crippen molar-refractivity contribution in [1.29, 1.82) is 0 Å². The molecule has 1 aliphatic rings. The van der Waals surface area contributed by atoms with Crippen molar-refractivity contribution >= 4 is 34.2 Å². The molecule has 3 rings (SSSR count). The Bertz CT molecular complexity index is 664. The molecule has 0 aliphatic carbocycles. The van der Waals surface area contributed by atoms with Gasteiger partial charge in [-0.15, -0.1) is 0 Å². The second kappa shape index (κ2) is 5.05. The number of anilines is 1. The maximum atomic E-state index is 11.9. The highest BCUT2D eigenvalue weighted by Crippen LogP contribution is 2.30. The molecule has 0 radical (unpaired) electrons. The van der Waals surface area contributed by atoms with Gasteiger partial charge in [0.2, 0.25) is 5.91 Å². The molecule has 0 unspecified atom stereocenters. The quantitative estimate of drug-likeness (QED) is 0.817. The number of pyridine rings is 1. The lowest BCUT2D eigenvalue weighted by molar-refractivity contribution is -0.117. The average Bonchev–Trinajstić information content (AvgIpc) is 2.93. The Morgan fingerprint density at radius 1 is 1.45 bits per heavy atom. The van der Waals surface area contributed by atoms with Crippen LogP contribution in [0.3, 0.4) is 0 Å². The lowest BCUT2D eigenvalue weighted by atomic mass is 10.2. The Morgan fingerprint density at radius 2 is 2.25 bits per heavy atom. The minimum atomic E-state index is 0.135. The number of nitrogens with zero attached hydrogens (tertiary/aromatic N) is 4. The average molecular weight is 293 g/mol. The van der Waals surface area contributed by atoms with Crippen LogP contribution in [0.25, 0.3) is 10.9 Å². The number of halogens is 1. The van der Waals surface area contributed by atoms with E-state index in [0.717, 1.165) is 30.4 Å². The summed E-state index contributed by atoms with van der Waals surface area (Å²) in [6, 6.07) is 1.82. The van der Waals surface area contributed by atoms with E-state index in [1.54, 1.807) is 11.1 Å². The monoisotopic (exact) mass is 292 g/mol. The van der Waals surface area contributed by atoms with Gasteiger partial charge >= 0.3 is 0 Å². The largest absolute Gasteiger partial charge is 0.295 e. The van der Waals surface area contributed by atoms with E-state index in [9.17, 15) is 4.79 Å². The first-order valence-electron chi connectivity index (χ1n) is 6.88. The van der Waals surface area contributed by atoms with Gasteiger partial charge in [0, 0.05) is 31.8 Å². The summed E-state index contributed by atoms with van der Waals surface area (Å²) in [5.74, 6) is 1.32. The molecule has 20 heavy (non-hydrogen) atoms. The van der Waals surface area contributed by atoms with Crippen molar-refractivity contribution in [2.45, 2.75) is 33.2 Å². The zero-order valence-corrected chi connectivity index (χ0v) is 12.4. The van der Waals surface area contributed by atoms with Gasteiger partial charge in [-0.1, -0.05) is 25.4 Å². The van der Waals surface area contributed by atoms with Crippen molar-refractivity contribution in [3.63, 3.8) is 0 Å². The normalized spacial score (nSPS) is 15.8. The highest BCUT2D eigenvalue weighted by molar-refractivity contribution is 6.30. The van der Waals surface area contributed by atoms with Crippen molar-refractivity contribution in [3.8, 4) is 0 Å². The van der Waals surface area contributed by atoms with Crippen molar-refractivity contribution in [2.75, 3.05) is 11.4 Å². The summed E-state index contributed by atoms with van der Waals surface area (Å²) in [5.41, 5.74) is 0.938. The molecule has 1 amide bonds. The van der Waals surface area contributed by atoms with Gasteiger partial charge in [0.15, 0.2) is 5.82 Å². The molecule has 0 atom stereocenters. The van der Waals surface area contributed by atoms with Crippen LogP contribution in [0.4, 0.5) is 5.82 Å². The van der Waals surface area contributed by atoms with E-state index >= 15 is 0 Å². The van der Waals surface area contributed by atoms with Crippen molar-refractivity contribution in [1.82, 2.24) is 14.8 Å². The molecular weight excluding hydrogens is 276 g/mol. The van der Waals surface area contributed by atoms with E-state index < -0.39 is 0 Å². The molecule has 0 saturated carbocycles. The Labute approximate surface area is 122 Å². The van der Waals surface area contributed by atoms with E-state index in [4.69, 9.17) is 11.6 Å². The molecule has 0 N–H and O–H groups in total. The molecule has 6 heteroatoms. The van der Waals surface area contributed by atoms with Crippen LogP contribution in [0.5, 0.6) is 0 Å². The maximum Gasteiger partial charge on any atom is 0.228 e. The molecule has 106 valence electrons.